The van der Waals surface area contributed by atoms with Crippen LogP contribution in [0, 0.1) is 0 Å². The van der Waals surface area contributed by atoms with Crippen LogP contribution >= 0.6 is 0 Å². The second-order valence-corrected chi connectivity index (χ2v) is 4.27. The van der Waals surface area contributed by atoms with Crippen molar-refractivity contribution >= 4 is 23.6 Å². The summed E-state index contributed by atoms with van der Waals surface area (Å²) < 4.78 is 0. The molecule has 104 valence electrons. The first kappa shape index (κ1) is 13.7. The molecule has 7 heteroatoms. The van der Waals surface area contributed by atoms with E-state index in [0.29, 0.717) is 5.56 Å². The number of hydrogen-bond donors (Lipinski definition) is 2. The minimum Gasteiger partial charge on any atom is -0.343 e. The zero-order chi connectivity index (χ0) is 14.5. The molecule has 7 nitrogen and oxygen atoms in total. The fraction of sp³-hybridized carbons (Fsp3) is 0.231. The van der Waals surface area contributed by atoms with Gasteiger partial charge in [-0.1, -0.05) is 18.2 Å². The fourth-order valence-corrected chi connectivity index (χ4v) is 1.77. The Bertz CT molecular complexity index is 540. The van der Waals surface area contributed by atoms with E-state index in [-0.39, 0.29) is 25.5 Å². The molecule has 1 aliphatic heterocycles. The van der Waals surface area contributed by atoms with Gasteiger partial charge in [0.05, 0.1) is 6.54 Å². The summed E-state index contributed by atoms with van der Waals surface area (Å²) in [4.78, 5) is 46.9. The predicted molar refractivity (Wildman–Crippen MR) is 68.5 cm³/mol. The van der Waals surface area contributed by atoms with Crippen molar-refractivity contribution < 1.29 is 19.2 Å². The molecule has 0 bridgehead atoms. The minimum absolute atomic E-state index is 0.175. The molecule has 0 spiro atoms. The van der Waals surface area contributed by atoms with Gasteiger partial charge in [0, 0.05) is 5.56 Å². The van der Waals surface area contributed by atoms with Crippen LogP contribution in [0.3, 0.4) is 0 Å². The number of nitrogens with zero attached hydrogens (tertiary/aromatic N) is 1. The second kappa shape index (κ2) is 5.96. The van der Waals surface area contributed by atoms with Gasteiger partial charge >= 0.3 is 0 Å². The maximum absolute atomic E-state index is 11.8. The highest BCUT2D eigenvalue weighted by molar-refractivity contribution is 6.03. The van der Waals surface area contributed by atoms with E-state index in [0.717, 1.165) is 4.90 Å². The van der Waals surface area contributed by atoms with Gasteiger partial charge in [-0.15, -0.1) is 0 Å². The molecule has 0 saturated carbocycles. The zero-order valence-corrected chi connectivity index (χ0v) is 10.6. The van der Waals surface area contributed by atoms with Gasteiger partial charge in [0.25, 0.3) is 5.91 Å². The maximum atomic E-state index is 11.8. The molecule has 1 heterocycles. The Balaban J connectivity index is 1.87. The summed E-state index contributed by atoms with van der Waals surface area (Å²) in [5, 5.41) is 4.55. The summed E-state index contributed by atoms with van der Waals surface area (Å²) >= 11 is 0. The molecular weight excluding hydrogens is 262 g/mol. The topological polar surface area (TPSA) is 95.6 Å². The average molecular weight is 275 g/mol. The van der Waals surface area contributed by atoms with E-state index >= 15 is 0 Å². The summed E-state index contributed by atoms with van der Waals surface area (Å²) in [5.41, 5.74) is 0.438. The monoisotopic (exact) mass is 275 g/mol. The number of rotatable bonds is 3. The van der Waals surface area contributed by atoms with Crippen molar-refractivity contribution in [3.63, 3.8) is 0 Å². The van der Waals surface area contributed by atoms with Gasteiger partial charge in [0.1, 0.15) is 13.1 Å². The van der Waals surface area contributed by atoms with Gasteiger partial charge in [-0.25, -0.2) is 0 Å². The summed E-state index contributed by atoms with van der Waals surface area (Å²) in [6.45, 7) is -0.605. The number of imide groups is 1. The zero-order valence-electron chi connectivity index (χ0n) is 10.6. The number of benzene rings is 1. The molecule has 20 heavy (non-hydrogen) atoms. The summed E-state index contributed by atoms with van der Waals surface area (Å²) in [6, 6.07) is 8.45. The number of piperazine rings is 1. The van der Waals surface area contributed by atoms with Gasteiger partial charge in [0.2, 0.25) is 17.7 Å². The number of carbonyl (C=O) groups is 4. The van der Waals surface area contributed by atoms with Crippen molar-refractivity contribution in [1.82, 2.24) is 15.5 Å². The molecule has 0 atom stereocenters. The summed E-state index contributed by atoms with van der Waals surface area (Å²) in [5.74, 6) is -1.91. The predicted octanol–water partition coefficient (Wildman–Crippen LogP) is -1.10. The Kier molecular flexibility index (Phi) is 4.09. The lowest BCUT2D eigenvalue weighted by molar-refractivity contribution is -0.144. The van der Waals surface area contributed by atoms with Gasteiger partial charge in [0.15, 0.2) is 0 Å². The molecular formula is C13H13N3O4. The van der Waals surface area contributed by atoms with E-state index < -0.39 is 17.7 Å². The molecule has 0 aliphatic carbocycles. The van der Waals surface area contributed by atoms with Crippen molar-refractivity contribution in [3.05, 3.63) is 35.9 Å². The summed E-state index contributed by atoms with van der Waals surface area (Å²) in [6.07, 6.45) is 0. The third-order valence-electron chi connectivity index (χ3n) is 2.74. The first-order valence-electron chi connectivity index (χ1n) is 6.00. The molecule has 2 N–H and O–H groups in total. The third kappa shape index (κ3) is 3.41. The highest BCUT2D eigenvalue weighted by atomic mass is 16.2. The Hall–Kier alpha value is -2.70. The van der Waals surface area contributed by atoms with E-state index in [4.69, 9.17) is 0 Å². The van der Waals surface area contributed by atoms with Crippen LogP contribution in [0.1, 0.15) is 10.4 Å². The molecule has 0 unspecified atom stereocenters. The molecule has 1 aliphatic rings. The minimum atomic E-state index is -0.524. The Labute approximate surface area is 114 Å². The van der Waals surface area contributed by atoms with Crippen LogP contribution in [-0.2, 0) is 14.4 Å². The van der Waals surface area contributed by atoms with Crippen LogP contribution in [0.5, 0.6) is 0 Å². The van der Waals surface area contributed by atoms with Crippen molar-refractivity contribution in [1.29, 1.82) is 0 Å². The molecule has 2 rings (SSSR count). The molecule has 0 aromatic heterocycles. The Morgan fingerprint density at radius 2 is 1.70 bits per heavy atom. The smallest absolute Gasteiger partial charge is 0.251 e. The number of hydrogen-bond acceptors (Lipinski definition) is 4. The van der Waals surface area contributed by atoms with Crippen LogP contribution in [0.2, 0.25) is 0 Å². The SMILES string of the molecule is O=C1CN(C(=O)CNC(=O)c2ccccc2)CC(=O)N1. The lowest BCUT2D eigenvalue weighted by Gasteiger charge is -2.25. The van der Waals surface area contributed by atoms with Crippen LogP contribution in [-0.4, -0.2) is 48.2 Å². The molecule has 1 saturated heterocycles. The second-order valence-electron chi connectivity index (χ2n) is 4.27. The number of amides is 4. The Morgan fingerprint density at radius 1 is 1.10 bits per heavy atom. The van der Waals surface area contributed by atoms with E-state index in [2.05, 4.69) is 10.6 Å². The molecule has 1 aromatic rings. The highest BCUT2D eigenvalue weighted by Crippen LogP contribution is 1.99. The highest BCUT2D eigenvalue weighted by Gasteiger charge is 2.26. The van der Waals surface area contributed by atoms with Crippen LogP contribution < -0.4 is 10.6 Å². The number of carbonyl (C=O) groups excluding carboxylic acids is 4. The van der Waals surface area contributed by atoms with Gasteiger partial charge in [-0.2, -0.15) is 0 Å². The summed E-state index contributed by atoms with van der Waals surface area (Å²) in [7, 11) is 0. The molecule has 1 aromatic carbocycles. The van der Waals surface area contributed by atoms with E-state index in [1.807, 2.05) is 0 Å². The first-order chi connectivity index (χ1) is 9.56. The lowest BCUT2D eigenvalue weighted by Crippen LogP contribution is -2.55. The van der Waals surface area contributed by atoms with Gasteiger partial charge < -0.3 is 10.2 Å². The normalized spacial score (nSPS) is 14.7. The van der Waals surface area contributed by atoms with Crippen LogP contribution in [0.25, 0.3) is 0 Å². The van der Waals surface area contributed by atoms with Crippen LogP contribution in [0.15, 0.2) is 30.3 Å². The van der Waals surface area contributed by atoms with E-state index in [9.17, 15) is 19.2 Å². The molecule has 4 amide bonds. The van der Waals surface area contributed by atoms with Crippen molar-refractivity contribution in [3.8, 4) is 0 Å². The van der Waals surface area contributed by atoms with Gasteiger partial charge in [-0.05, 0) is 12.1 Å². The largest absolute Gasteiger partial charge is 0.343 e. The third-order valence-corrected chi connectivity index (χ3v) is 2.74. The van der Waals surface area contributed by atoms with E-state index in [1.54, 1.807) is 30.3 Å². The lowest BCUT2D eigenvalue weighted by atomic mass is 10.2. The average Bonchev–Trinajstić information content (AvgIpc) is 2.44. The quantitative estimate of drug-likeness (QED) is 0.685. The standard InChI is InChI=1S/C13H13N3O4/c17-10-7-16(8-11(18)15-10)12(19)6-14-13(20)9-4-2-1-3-5-9/h1-5H,6-8H2,(H,14,20)(H,15,17,18). The number of nitrogens with one attached hydrogen (secondary N) is 2. The van der Waals surface area contributed by atoms with E-state index in [1.165, 1.54) is 0 Å². The maximum Gasteiger partial charge on any atom is 0.251 e. The van der Waals surface area contributed by atoms with Crippen LogP contribution in [0.4, 0.5) is 0 Å². The van der Waals surface area contributed by atoms with Crippen molar-refractivity contribution in [2.75, 3.05) is 19.6 Å². The fourth-order valence-electron chi connectivity index (χ4n) is 1.77. The van der Waals surface area contributed by atoms with Crippen molar-refractivity contribution in [2.24, 2.45) is 0 Å². The Morgan fingerprint density at radius 3 is 2.30 bits per heavy atom. The van der Waals surface area contributed by atoms with Crippen molar-refractivity contribution in [2.45, 2.75) is 0 Å². The van der Waals surface area contributed by atoms with Gasteiger partial charge in [-0.3, -0.25) is 24.5 Å². The molecule has 1 fully saturated rings. The molecule has 0 radical (unpaired) electrons. The first-order valence-corrected chi connectivity index (χ1v) is 6.00.